The van der Waals surface area contributed by atoms with E-state index in [4.69, 9.17) is 4.42 Å². The first-order valence-electron chi connectivity index (χ1n) is 10.2. The van der Waals surface area contributed by atoms with E-state index in [1.54, 1.807) is 0 Å². The standard InChI is InChI=1S/C22H32N4O2/c1-5-25-13-9-12-19(25)16-26(15-14-24(3)4)22(27)20-17(2)23-21(28-20)18-10-7-6-8-11-18/h6-8,10-11,19H,5,9,12-16H2,1-4H3. The van der Waals surface area contributed by atoms with Crippen molar-refractivity contribution in [3.63, 3.8) is 0 Å². The molecule has 1 aromatic carbocycles. The fraction of sp³-hybridized carbons (Fsp3) is 0.545. The van der Waals surface area contributed by atoms with Gasteiger partial charge in [0.2, 0.25) is 11.7 Å². The van der Waals surface area contributed by atoms with Crippen LogP contribution in [0.2, 0.25) is 0 Å². The fourth-order valence-corrected chi connectivity index (χ4v) is 3.81. The van der Waals surface area contributed by atoms with E-state index in [0.29, 0.717) is 29.9 Å². The minimum atomic E-state index is -0.0583. The highest BCUT2D eigenvalue weighted by Crippen LogP contribution is 2.24. The molecule has 1 amide bonds. The van der Waals surface area contributed by atoms with E-state index >= 15 is 0 Å². The molecule has 1 unspecified atom stereocenters. The van der Waals surface area contributed by atoms with Crippen molar-refractivity contribution in [2.75, 3.05) is 46.8 Å². The number of amides is 1. The topological polar surface area (TPSA) is 52.8 Å². The second kappa shape index (κ2) is 9.34. The van der Waals surface area contributed by atoms with Gasteiger partial charge in [-0.3, -0.25) is 9.69 Å². The van der Waals surface area contributed by atoms with Crippen LogP contribution in [-0.2, 0) is 0 Å². The highest BCUT2D eigenvalue weighted by Gasteiger charge is 2.30. The Morgan fingerprint density at radius 1 is 1.25 bits per heavy atom. The van der Waals surface area contributed by atoms with Crippen LogP contribution in [-0.4, -0.2) is 78.5 Å². The van der Waals surface area contributed by atoms with Gasteiger partial charge in [-0.25, -0.2) is 4.98 Å². The summed E-state index contributed by atoms with van der Waals surface area (Å²) in [5, 5.41) is 0. The third-order valence-corrected chi connectivity index (χ3v) is 5.45. The van der Waals surface area contributed by atoms with Crippen molar-refractivity contribution in [1.29, 1.82) is 0 Å². The molecule has 0 N–H and O–H groups in total. The number of rotatable bonds is 8. The van der Waals surface area contributed by atoms with E-state index in [1.165, 1.54) is 6.42 Å². The molecule has 0 saturated carbocycles. The lowest BCUT2D eigenvalue weighted by Crippen LogP contribution is -2.45. The molecular weight excluding hydrogens is 352 g/mol. The fourth-order valence-electron chi connectivity index (χ4n) is 3.81. The van der Waals surface area contributed by atoms with Gasteiger partial charge in [0.25, 0.3) is 5.91 Å². The van der Waals surface area contributed by atoms with Crippen LogP contribution in [0.4, 0.5) is 0 Å². The average molecular weight is 385 g/mol. The molecule has 3 rings (SSSR count). The first-order valence-corrected chi connectivity index (χ1v) is 10.2. The molecule has 1 aromatic heterocycles. The van der Waals surface area contributed by atoms with Gasteiger partial charge in [-0.15, -0.1) is 0 Å². The third kappa shape index (κ3) is 4.80. The van der Waals surface area contributed by atoms with Crippen molar-refractivity contribution in [1.82, 2.24) is 19.7 Å². The molecule has 2 heterocycles. The summed E-state index contributed by atoms with van der Waals surface area (Å²) in [6.45, 7) is 8.43. The molecule has 1 fully saturated rings. The predicted molar refractivity (Wildman–Crippen MR) is 111 cm³/mol. The van der Waals surface area contributed by atoms with Gasteiger partial charge >= 0.3 is 0 Å². The Hall–Kier alpha value is -2.18. The number of hydrogen-bond donors (Lipinski definition) is 0. The molecule has 0 radical (unpaired) electrons. The number of aromatic nitrogens is 1. The maximum atomic E-state index is 13.4. The van der Waals surface area contributed by atoms with E-state index in [-0.39, 0.29) is 5.91 Å². The van der Waals surface area contributed by atoms with Gasteiger partial charge in [0.15, 0.2) is 0 Å². The SMILES string of the molecule is CCN1CCCC1CN(CCN(C)C)C(=O)c1oc(-c2ccccc2)nc1C. The summed E-state index contributed by atoms with van der Waals surface area (Å²) in [4.78, 5) is 24.4. The summed E-state index contributed by atoms with van der Waals surface area (Å²) in [6.07, 6.45) is 2.35. The van der Waals surface area contributed by atoms with Gasteiger partial charge in [-0.2, -0.15) is 0 Å². The summed E-state index contributed by atoms with van der Waals surface area (Å²) in [5.41, 5.74) is 1.54. The van der Waals surface area contributed by atoms with Crippen LogP contribution in [0, 0.1) is 6.92 Å². The van der Waals surface area contributed by atoms with Gasteiger partial charge < -0.3 is 14.2 Å². The number of carbonyl (C=O) groups excluding carboxylic acids is 1. The molecule has 1 aliphatic heterocycles. The number of nitrogens with zero attached hydrogens (tertiary/aromatic N) is 4. The normalized spacial score (nSPS) is 17.4. The minimum absolute atomic E-state index is 0.0583. The monoisotopic (exact) mass is 384 g/mol. The maximum Gasteiger partial charge on any atom is 0.291 e. The zero-order chi connectivity index (χ0) is 20.1. The van der Waals surface area contributed by atoms with Gasteiger partial charge in [0, 0.05) is 31.2 Å². The van der Waals surface area contributed by atoms with Crippen molar-refractivity contribution in [3.05, 3.63) is 41.8 Å². The lowest BCUT2D eigenvalue weighted by Gasteiger charge is -2.30. The number of hydrogen-bond acceptors (Lipinski definition) is 5. The second-order valence-electron chi connectivity index (χ2n) is 7.78. The molecule has 0 bridgehead atoms. The Bertz CT molecular complexity index is 772. The highest BCUT2D eigenvalue weighted by atomic mass is 16.4. The summed E-state index contributed by atoms with van der Waals surface area (Å²) in [7, 11) is 4.06. The van der Waals surface area contributed by atoms with E-state index in [9.17, 15) is 4.79 Å². The van der Waals surface area contributed by atoms with Crippen molar-refractivity contribution in [2.24, 2.45) is 0 Å². The number of oxazole rings is 1. The molecule has 2 aromatic rings. The van der Waals surface area contributed by atoms with E-state index in [2.05, 4.69) is 21.7 Å². The van der Waals surface area contributed by atoms with Gasteiger partial charge in [-0.1, -0.05) is 25.1 Å². The highest BCUT2D eigenvalue weighted by molar-refractivity contribution is 5.93. The zero-order valence-electron chi connectivity index (χ0n) is 17.5. The van der Waals surface area contributed by atoms with E-state index in [0.717, 1.165) is 38.2 Å². The molecule has 6 nitrogen and oxygen atoms in total. The Morgan fingerprint density at radius 3 is 2.68 bits per heavy atom. The lowest BCUT2D eigenvalue weighted by atomic mass is 10.2. The van der Waals surface area contributed by atoms with Crippen molar-refractivity contribution in [3.8, 4) is 11.5 Å². The summed E-state index contributed by atoms with van der Waals surface area (Å²) in [5.74, 6) is 0.806. The second-order valence-corrected chi connectivity index (χ2v) is 7.78. The number of carbonyl (C=O) groups is 1. The average Bonchev–Trinajstić information content (AvgIpc) is 3.31. The Morgan fingerprint density at radius 2 is 2.00 bits per heavy atom. The molecule has 6 heteroatoms. The van der Waals surface area contributed by atoms with Crippen LogP contribution < -0.4 is 0 Å². The first kappa shape index (κ1) is 20.6. The Kier molecular flexibility index (Phi) is 6.86. The number of aryl methyl sites for hydroxylation is 1. The van der Waals surface area contributed by atoms with Crippen molar-refractivity contribution < 1.29 is 9.21 Å². The van der Waals surface area contributed by atoms with Gasteiger partial charge in [0.05, 0.1) is 5.69 Å². The third-order valence-electron chi connectivity index (χ3n) is 5.45. The van der Waals surface area contributed by atoms with Crippen LogP contribution in [0.3, 0.4) is 0 Å². The van der Waals surface area contributed by atoms with Gasteiger partial charge in [0.1, 0.15) is 0 Å². The van der Waals surface area contributed by atoms with Crippen LogP contribution in [0.15, 0.2) is 34.7 Å². The number of likely N-dealkylation sites (tertiary alicyclic amines) is 1. The summed E-state index contributed by atoms with van der Waals surface area (Å²) in [6, 6.07) is 10.2. The largest absolute Gasteiger partial charge is 0.431 e. The Balaban J connectivity index is 1.81. The number of likely N-dealkylation sites (N-methyl/N-ethyl adjacent to an activating group) is 2. The van der Waals surface area contributed by atoms with E-state index < -0.39 is 0 Å². The number of benzene rings is 1. The zero-order valence-corrected chi connectivity index (χ0v) is 17.5. The molecule has 0 aliphatic carbocycles. The molecule has 1 atom stereocenters. The smallest absolute Gasteiger partial charge is 0.291 e. The summed E-state index contributed by atoms with van der Waals surface area (Å²) >= 11 is 0. The quantitative estimate of drug-likeness (QED) is 0.700. The molecule has 152 valence electrons. The van der Waals surface area contributed by atoms with Crippen molar-refractivity contribution in [2.45, 2.75) is 32.7 Å². The maximum absolute atomic E-state index is 13.4. The van der Waals surface area contributed by atoms with Crippen LogP contribution in [0.25, 0.3) is 11.5 Å². The molecule has 1 saturated heterocycles. The van der Waals surface area contributed by atoms with Crippen molar-refractivity contribution >= 4 is 5.91 Å². The van der Waals surface area contributed by atoms with E-state index in [1.807, 2.05) is 56.3 Å². The van der Waals surface area contributed by atoms with Crippen LogP contribution >= 0.6 is 0 Å². The molecule has 28 heavy (non-hydrogen) atoms. The summed E-state index contributed by atoms with van der Waals surface area (Å²) < 4.78 is 5.94. The van der Waals surface area contributed by atoms with Crippen LogP contribution in [0.1, 0.15) is 36.0 Å². The molecule has 0 spiro atoms. The lowest BCUT2D eigenvalue weighted by molar-refractivity contribution is 0.0663. The van der Waals surface area contributed by atoms with Crippen LogP contribution in [0.5, 0.6) is 0 Å². The van der Waals surface area contributed by atoms with Gasteiger partial charge in [-0.05, 0) is 59.1 Å². The Labute approximate surface area is 168 Å². The molecular formula is C22H32N4O2. The molecule has 1 aliphatic rings. The first-order chi connectivity index (χ1) is 13.5. The minimum Gasteiger partial charge on any atom is -0.431 e. The predicted octanol–water partition coefficient (Wildman–Crippen LogP) is 3.14.